The minimum Gasteiger partial charge on any atom is -0.553 e. The summed E-state index contributed by atoms with van der Waals surface area (Å²) in [5.74, 6) is 1.14. The number of rotatable bonds is 5. The molecule has 3 rings (SSSR count). The van der Waals surface area contributed by atoms with Crippen molar-refractivity contribution in [2.75, 3.05) is 14.2 Å². The Kier molecular flexibility index (Phi) is 4.88. The second-order valence-corrected chi connectivity index (χ2v) is 5.57. The maximum absolute atomic E-state index is 12.7. The number of hydrogen-bond donors (Lipinski definition) is 0. The molecule has 0 saturated carbocycles. The van der Waals surface area contributed by atoms with Crippen LogP contribution in [0, 0.1) is 6.23 Å². The first kappa shape index (κ1) is 17.8. The van der Waals surface area contributed by atoms with Crippen LogP contribution < -0.4 is 9.47 Å². The molecule has 2 aromatic rings. The molecular weight excluding hydrogens is 347 g/mol. The quantitative estimate of drug-likeness (QED) is 0.728. The number of benzene rings is 2. The van der Waals surface area contributed by atoms with Crippen LogP contribution in [-0.4, -0.2) is 19.1 Å². The normalized spacial score (nSPS) is 13.7. The van der Waals surface area contributed by atoms with Crippen LogP contribution in [0.2, 0.25) is 0 Å². The fraction of sp³-hybridized carbons (Fsp3) is 0.211. The van der Waals surface area contributed by atoms with Crippen LogP contribution in [0.25, 0.3) is 0 Å². The largest absolute Gasteiger partial charge is 0.553 e. The molecule has 4 nitrogen and oxygen atoms in total. The zero-order valence-corrected chi connectivity index (χ0v) is 14.2. The third-order valence-corrected chi connectivity index (χ3v) is 3.96. The van der Waals surface area contributed by atoms with E-state index >= 15 is 0 Å². The summed E-state index contributed by atoms with van der Waals surface area (Å²) >= 11 is 0. The molecule has 2 aromatic carbocycles. The van der Waals surface area contributed by atoms with Gasteiger partial charge in [-0.3, -0.25) is 0 Å². The monoisotopic (exact) mass is 364 g/mol. The first-order chi connectivity index (χ1) is 12.4. The molecule has 7 heteroatoms. The van der Waals surface area contributed by atoms with E-state index < -0.39 is 11.7 Å². The predicted octanol–water partition coefficient (Wildman–Crippen LogP) is 4.56. The van der Waals surface area contributed by atoms with Crippen LogP contribution in [0.1, 0.15) is 16.7 Å². The van der Waals surface area contributed by atoms with Crippen LogP contribution in [0.5, 0.6) is 11.5 Å². The molecule has 0 aromatic heterocycles. The minimum atomic E-state index is -4.35. The Morgan fingerprint density at radius 2 is 1.62 bits per heavy atom. The second kappa shape index (κ2) is 7.11. The Balaban J connectivity index is 1.84. The Labute approximate surface area is 149 Å². The number of alkyl halides is 3. The summed E-state index contributed by atoms with van der Waals surface area (Å²) in [5.41, 5.74) is 0.666. The Morgan fingerprint density at radius 1 is 1.00 bits per heavy atom. The highest BCUT2D eigenvalue weighted by molar-refractivity contribution is 5.52. The predicted molar refractivity (Wildman–Crippen MR) is 89.1 cm³/mol. The Morgan fingerprint density at radius 3 is 2.15 bits per heavy atom. The van der Waals surface area contributed by atoms with E-state index in [1.54, 1.807) is 43.5 Å². The van der Waals surface area contributed by atoms with Gasteiger partial charge >= 0.3 is 6.18 Å². The van der Waals surface area contributed by atoms with Crippen LogP contribution >= 0.6 is 0 Å². The van der Waals surface area contributed by atoms with E-state index in [4.69, 9.17) is 14.2 Å². The molecule has 0 N–H and O–H groups in total. The molecule has 1 aliphatic rings. The van der Waals surface area contributed by atoms with E-state index in [1.807, 2.05) is 0 Å². The van der Waals surface area contributed by atoms with E-state index in [2.05, 4.69) is 0 Å². The van der Waals surface area contributed by atoms with Crippen molar-refractivity contribution in [2.45, 2.75) is 12.7 Å². The molecule has 0 aliphatic carbocycles. The van der Waals surface area contributed by atoms with Gasteiger partial charge in [0, 0.05) is 24.2 Å². The van der Waals surface area contributed by atoms with Crippen LogP contribution in [0.4, 0.5) is 13.2 Å². The number of hydrogen-bond acceptors (Lipinski definition) is 4. The van der Waals surface area contributed by atoms with E-state index in [0.717, 1.165) is 12.1 Å². The van der Waals surface area contributed by atoms with E-state index in [0.29, 0.717) is 35.4 Å². The van der Waals surface area contributed by atoms with Gasteiger partial charge in [0.15, 0.2) is 0 Å². The molecule has 138 valence electrons. The van der Waals surface area contributed by atoms with Gasteiger partial charge in [-0.05, 0) is 23.3 Å². The minimum absolute atomic E-state index is 0.338. The Bertz CT molecular complexity index is 765. The molecule has 0 fully saturated rings. The van der Waals surface area contributed by atoms with Crippen molar-refractivity contribution in [3.8, 4) is 11.5 Å². The summed E-state index contributed by atoms with van der Waals surface area (Å²) in [7, 11) is 3.09. The molecule has 0 bridgehead atoms. The van der Waals surface area contributed by atoms with Crippen molar-refractivity contribution in [1.29, 1.82) is 0 Å². The lowest BCUT2D eigenvalue weighted by molar-refractivity contribution is -0.137. The van der Waals surface area contributed by atoms with Crippen molar-refractivity contribution >= 4 is 0 Å². The topological polar surface area (TPSA) is 30.9 Å². The van der Waals surface area contributed by atoms with Gasteiger partial charge in [-0.2, -0.15) is 13.2 Å². The highest BCUT2D eigenvalue weighted by atomic mass is 19.4. The molecular formula is C19H17F3NO3-. The molecule has 1 aliphatic heterocycles. The van der Waals surface area contributed by atoms with Gasteiger partial charge in [-0.15, -0.1) is 0 Å². The SMILES string of the molecule is COc1cccc(OC)c1[C-]1OC=CN1Cc1ccc(C(F)(F)F)cc1. The maximum atomic E-state index is 12.7. The summed E-state index contributed by atoms with van der Waals surface area (Å²) in [6.45, 7) is 0.338. The van der Waals surface area contributed by atoms with Crippen molar-refractivity contribution in [1.82, 2.24) is 4.90 Å². The second-order valence-electron chi connectivity index (χ2n) is 5.57. The van der Waals surface area contributed by atoms with Gasteiger partial charge in [-0.1, -0.05) is 30.3 Å². The first-order valence-electron chi connectivity index (χ1n) is 7.78. The maximum Gasteiger partial charge on any atom is 0.416 e. The molecule has 0 spiro atoms. The average molecular weight is 364 g/mol. The number of nitrogens with zero attached hydrogens (tertiary/aromatic N) is 1. The van der Waals surface area contributed by atoms with Gasteiger partial charge < -0.3 is 19.1 Å². The van der Waals surface area contributed by atoms with Crippen LogP contribution in [0.3, 0.4) is 0 Å². The lowest BCUT2D eigenvalue weighted by Crippen LogP contribution is -2.22. The van der Waals surface area contributed by atoms with Crippen molar-refractivity contribution in [2.24, 2.45) is 0 Å². The molecule has 26 heavy (non-hydrogen) atoms. The van der Waals surface area contributed by atoms with E-state index in [1.165, 1.54) is 18.4 Å². The highest BCUT2D eigenvalue weighted by Crippen LogP contribution is 2.40. The zero-order chi connectivity index (χ0) is 18.7. The summed E-state index contributed by atoms with van der Waals surface area (Å²) in [6, 6.07) is 10.4. The van der Waals surface area contributed by atoms with Crippen molar-refractivity contribution in [3.05, 3.63) is 77.8 Å². The highest BCUT2D eigenvalue weighted by Gasteiger charge is 2.30. The molecule has 0 unspecified atom stereocenters. The van der Waals surface area contributed by atoms with Gasteiger partial charge in [0.25, 0.3) is 0 Å². The first-order valence-corrected chi connectivity index (χ1v) is 7.78. The molecule has 0 atom stereocenters. The lowest BCUT2D eigenvalue weighted by atomic mass is 10.1. The summed E-state index contributed by atoms with van der Waals surface area (Å²) in [4.78, 5) is 1.78. The van der Waals surface area contributed by atoms with Crippen molar-refractivity contribution in [3.63, 3.8) is 0 Å². The smallest absolute Gasteiger partial charge is 0.416 e. The third-order valence-electron chi connectivity index (χ3n) is 3.96. The third kappa shape index (κ3) is 3.51. The van der Waals surface area contributed by atoms with Crippen LogP contribution in [0.15, 0.2) is 54.9 Å². The number of ether oxygens (including phenoxy) is 3. The van der Waals surface area contributed by atoms with E-state index in [-0.39, 0.29) is 0 Å². The molecule has 1 heterocycles. The Hall–Kier alpha value is -2.96. The summed E-state index contributed by atoms with van der Waals surface area (Å²) < 4.78 is 54.5. The van der Waals surface area contributed by atoms with Gasteiger partial charge in [0.05, 0.1) is 32.3 Å². The lowest BCUT2D eigenvalue weighted by Gasteiger charge is -2.34. The van der Waals surface area contributed by atoms with Gasteiger partial charge in [0.1, 0.15) is 0 Å². The number of methoxy groups -OCH3 is 2. The van der Waals surface area contributed by atoms with Gasteiger partial charge in [0.2, 0.25) is 0 Å². The van der Waals surface area contributed by atoms with Gasteiger partial charge in [-0.25, -0.2) is 0 Å². The fourth-order valence-corrected chi connectivity index (χ4v) is 2.69. The van der Waals surface area contributed by atoms with Crippen molar-refractivity contribution < 1.29 is 27.4 Å². The standard InChI is InChI=1S/C19H17F3NO3/c1-24-15-4-3-5-16(25-2)17(15)18-23(10-11-26-18)12-13-6-8-14(9-7-13)19(20,21)22/h3-11H,12H2,1-2H3/q-1. The van der Waals surface area contributed by atoms with E-state index in [9.17, 15) is 13.2 Å². The molecule has 0 radical (unpaired) electrons. The fourth-order valence-electron chi connectivity index (χ4n) is 2.69. The zero-order valence-electron chi connectivity index (χ0n) is 14.2. The summed E-state index contributed by atoms with van der Waals surface area (Å²) in [6.07, 6.45) is -0.652. The summed E-state index contributed by atoms with van der Waals surface area (Å²) in [5, 5.41) is 0. The number of halogens is 3. The molecule has 0 amide bonds. The average Bonchev–Trinajstić information content (AvgIpc) is 3.08. The molecule has 0 saturated heterocycles. The van der Waals surface area contributed by atoms with Crippen LogP contribution in [-0.2, 0) is 17.5 Å².